The normalized spacial score (nSPS) is 18.2. The first-order chi connectivity index (χ1) is 16.4. The second-order valence-electron chi connectivity index (χ2n) is 8.36. The largest absolute Gasteiger partial charge is 0.481 e. The molecule has 0 amide bonds. The van der Waals surface area contributed by atoms with Gasteiger partial charge in [-0.2, -0.15) is 4.98 Å². The summed E-state index contributed by atoms with van der Waals surface area (Å²) in [4.78, 5) is 23.4. The molecule has 5 rings (SSSR count). The molecule has 2 N–H and O–H groups in total. The van der Waals surface area contributed by atoms with Gasteiger partial charge in [-0.05, 0) is 55.0 Å². The number of aromatic amines is 1. The van der Waals surface area contributed by atoms with E-state index in [0.717, 1.165) is 16.7 Å². The number of aliphatic carboxylic acids is 1. The van der Waals surface area contributed by atoms with Crippen LogP contribution < -0.4 is 4.74 Å². The minimum absolute atomic E-state index is 0.0694. The Hall–Kier alpha value is -2.80. The van der Waals surface area contributed by atoms with Crippen molar-refractivity contribution in [2.24, 2.45) is 5.92 Å². The highest BCUT2D eigenvalue weighted by molar-refractivity contribution is 6.42. The number of carboxylic acids is 1. The predicted octanol–water partition coefficient (Wildman–Crippen LogP) is 7.27. The van der Waals surface area contributed by atoms with Gasteiger partial charge in [-0.3, -0.25) is 9.78 Å². The zero-order valence-electron chi connectivity index (χ0n) is 17.9. The molecule has 0 saturated heterocycles. The third-order valence-electron chi connectivity index (χ3n) is 6.12. The molecule has 34 heavy (non-hydrogen) atoms. The topological polar surface area (TPSA) is 88.1 Å². The van der Waals surface area contributed by atoms with Crippen LogP contribution >= 0.6 is 34.8 Å². The Morgan fingerprint density at radius 3 is 2.21 bits per heavy atom. The third-order valence-corrected chi connectivity index (χ3v) is 7.14. The molecule has 0 atom stereocenters. The van der Waals surface area contributed by atoms with Crippen LogP contribution in [0.4, 0.5) is 0 Å². The fraction of sp³-hybridized carbons (Fsp3) is 0.240. The van der Waals surface area contributed by atoms with E-state index in [1.165, 1.54) is 0 Å². The Kier molecular flexibility index (Phi) is 6.38. The fourth-order valence-electron chi connectivity index (χ4n) is 4.24. The smallest absolute Gasteiger partial charge is 0.306 e. The molecular weight excluding hydrogens is 497 g/mol. The fourth-order valence-corrected chi connectivity index (χ4v) is 4.79. The summed E-state index contributed by atoms with van der Waals surface area (Å²) in [6.45, 7) is 0. The Labute approximate surface area is 210 Å². The van der Waals surface area contributed by atoms with Crippen LogP contribution in [0, 0.1) is 5.92 Å². The van der Waals surface area contributed by atoms with Crippen molar-refractivity contribution in [3.05, 3.63) is 63.6 Å². The maximum absolute atomic E-state index is 11.1. The van der Waals surface area contributed by atoms with E-state index in [2.05, 4.69) is 15.0 Å². The van der Waals surface area contributed by atoms with Gasteiger partial charge in [0.2, 0.25) is 0 Å². The zero-order chi connectivity index (χ0) is 23.8. The highest BCUT2D eigenvalue weighted by atomic mass is 35.5. The van der Waals surface area contributed by atoms with Gasteiger partial charge in [0.1, 0.15) is 11.6 Å². The first-order valence-corrected chi connectivity index (χ1v) is 12.0. The molecule has 1 saturated carbocycles. The van der Waals surface area contributed by atoms with E-state index in [4.69, 9.17) is 44.6 Å². The number of carboxylic acid groups (broad SMARTS) is 1. The van der Waals surface area contributed by atoms with Crippen molar-refractivity contribution >= 4 is 51.9 Å². The number of fused-ring (bicyclic) bond motifs is 1. The number of nitrogens with one attached hydrogen (secondary N) is 1. The van der Waals surface area contributed by atoms with Crippen molar-refractivity contribution in [3.8, 4) is 28.4 Å². The Balaban J connectivity index is 1.35. The molecule has 1 aliphatic carbocycles. The number of halogens is 3. The van der Waals surface area contributed by atoms with Gasteiger partial charge in [0.05, 0.1) is 26.7 Å². The standard InChI is InChI=1S/C25H20Cl3N3O3/c26-18-10-7-16(11-19(18)27)13-1-3-14(4-2-13)22-20(28)12-21-23(30-22)31-25(29-21)34-17-8-5-15(6-9-17)24(32)33/h1-4,7,10-12,15,17H,5-6,8-9H2,(H,32,33)(H,29,30,31)/t15-,17-. The summed E-state index contributed by atoms with van der Waals surface area (Å²) < 4.78 is 5.97. The maximum atomic E-state index is 11.1. The molecule has 0 spiro atoms. The first-order valence-electron chi connectivity index (χ1n) is 10.9. The molecule has 9 heteroatoms. The number of carbonyl (C=O) groups is 1. The van der Waals surface area contributed by atoms with Gasteiger partial charge in [-0.1, -0.05) is 65.1 Å². The number of H-pyrrole nitrogens is 1. The number of nitrogens with zero attached hydrogens (tertiary/aromatic N) is 2. The van der Waals surface area contributed by atoms with Crippen LogP contribution in [0.1, 0.15) is 25.7 Å². The van der Waals surface area contributed by atoms with Crippen LogP contribution in [0.15, 0.2) is 48.5 Å². The first kappa shape index (κ1) is 23.0. The van der Waals surface area contributed by atoms with Gasteiger partial charge >= 0.3 is 5.97 Å². The molecule has 1 aliphatic rings. The average molecular weight is 517 g/mol. The summed E-state index contributed by atoms with van der Waals surface area (Å²) in [6.07, 6.45) is 2.50. The van der Waals surface area contributed by atoms with Gasteiger partial charge in [0, 0.05) is 5.56 Å². The third kappa shape index (κ3) is 4.71. The van der Waals surface area contributed by atoms with E-state index in [0.29, 0.717) is 63.6 Å². The molecule has 0 bridgehead atoms. The SMILES string of the molecule is O=C(O)[C@H]1CC[C@H](Oc2nc3cc(Cl)c(-c4ccc(-c5ccc(Cl)c(Cl)c5)cc4)nc3[nH]2)CC1. The molecule has 2 heterocycles. The molecule has 2 aromatic heterocycles. The molecule has 0 radical (unpaired) electrons. The van der Waals surface area contributed by atoms with Crippen molar-refractivity contribution < 1.29 is 14.6 Å². The number of hydrogen-bond donors (Lipinski definition) is 2. The monoisotopic (exact) mass is 515 g/mol. The van der Waals surface area contributed by atoms with Crippen LogP contribution in [0.3, 0.4) is 0 Å². The van der Waals surface area contributed by atoms with Crippen LogP contribution in [0.2, 0.25) is 15.1 Å². The Morgan fingerprint density at radius 2 is 1.53 bits per heavy atom. The predicted molar refractivity (Wildman–Crippen MR) is 134 cm³/mol. The number of imidazole rings is 1. The summed E-state index contributed by atoms with van der Waals surface area (Å²) in [5.41, 5.74) is 4.63. The van der Waals surface area contributed by atoms with E-state index < -0.39 is 5.97 Å². The number of rotatable bonds is 5. The van der Waals surface area contributed by atoms with Gasteiger partial charge in [-0.15, -0.1) is 0 Å². The van der Waals surface area contributed by atoms with Crippen LogP contribution in [0.25, 0.3) is 33.5 Å². The molecular formula is C25H20Cl3N3O3. The summed E-state index contributed by atoms with van der Waals surface area (Å²) in [7, 11) is 0. The highest BCUT2D eigenvalue weighted by Gasteiger charge is 2.27. The maximum Gasteiger partial charge on any atom is 0.306 e. The molecule has 0 aliphatic heterocycles. The van der Waals surface area contributed by atoms with Gasteiger partial charge in [-0.25, -0.2) is 4.98 Å². The van der Waals surface area contributed by atoms with Gasteiger partial charge in [0.15, 0.2) is 5.65 Å². The molecule has 0 unspecified atom stereocenters. The minimum Gasteiger partial charge on any atom is -0.481 e. The zero-order valence-corrected chi connectivity index (χ0v) is 20.2. The van der Waals surface area contributed by atoms with Crippen LogP contribution in [-0.4, -0.2) is 32.1 Å². The lowest BCUT2D eigenvalue weighted by atomic mass is 9.87. The van der Waals surface area contributed by atoms with Crippen LogP contribution in [-0.2, 0) is 4.79 Å². The lowest BCUT2D eigenvalue weighted by molar-refractivity contribution is -0.143. The number of pyridine rings is 1. The van der Waals surface area contributed by atoms with E-state index in [1.54, 1.807) is 12.1 Å². The summed E-state index contributed by atoms with van der Waals surface area (Å²) >= 11 is 18.7. The van der Waals surface area contributed by atoms with E-state index in [-0.39, 0.29) is 12.0 Å². The number of ether oxygens (including phenoxy) is 1. The average Bonchev–Trinajstić information content (AvgIpc) is 3.21. The second kappa shape index (κ2) is 9.45. The minimum atomic E-state index is -0.737. The van der Waals surface area contributed by atoms with E-state index >= 15 is 0 Å². The van der Waals surface area contributed by atoms with Crippen molar-refractivity contribution in [1.82, 2.24) is 15.0 Å². The van der Waals surface area contributed by atoms with E-state index in [9.17, 15) is 4.79 Å². The van der Waals surface area contributed by atoms with Crippen molar-refractivity contribution in [1.29, 1.82) is 0 Å². The Morgan fingerprint density at radius 1 is 0.853 bits per heavy atom. The second-order valence-corrected chi connectivity index (χ2v) is 9.59. The summed E-state index contributed by atoms with van der Waals surface area (Å²) in [5.74, 6) is -1.03. The van der Waals surface area contributed by atoms with Gasteiger partial charge in [0.25, 0.3) is 6.01 Å². The molecule has 1 fully saturated rings. The van der Waals surface area contributed by atoms with E-state index in [1.807, 2.05) is 36.4 Å². The summed E-state index contributed by atoms with van der Waals surface area (Å²) in [6, 6.07) is 15.5. The van der Waals surface area contributed by atoms with Crippen LogP contribution in [0.5, 0.6) is 6.01 Å². The lowest BCUT2D eigenvalue weighted by Crippen LogP contribution is -2.28. The van der Waals surface area contributed by atoms with Crippen molar-refractivity contribution in [2.45, 2.75) is 31.8 Å². The number of hydrogen-bond acceptors (Lipinski definition) is 4. The lowest BCUT2D eigenvalue weighted by Gasteiger charge is -2.25. The number of benzene rings is 2. The van der Waals surface area contributed by atoms with Gasteiger partial charge < -0.3 is 9.84 Å². The Bertz CT molecular complexity index is 1360. The van der Waals surface area contributed by atoms with Crippen molar-refractivity contribution in [3.63, 3.8) is 0 Å². The summed E-state index contributed by atoms with van der Waals surface area (Å²) in [5, 5.41) is 10.7. The molecule has 2 aromatic carbocycles. The quantitative estimate of drug-likeness (QED) is 0.291. The molecule has 6 nitrogen and oxygen atoms in total. The molecule has 174 valence electrons. The number of aromatic nitrogens is 3. The molecule has 4 aromatic rings. The van der Waals surface area contributed by atoms with Crippen molar-refractivity contribution in [2.75, 3.05) is 0 Å². The highest BCUT2D eigenvalue weighted by Crippen LogP contribution is 2.33.